The lowest BCUT2D eigenvalue weighted by atomic mass is 10.1. The molecule has 5 rings (SSSR count). The van der Waals surface area contributed by atoms with E-state index in [0.29, 0.717) is 30.5 Å². The summed E-state index contributed by atoms with van der Waals surface area (Å²) in [7, 11) is 0. The van der Waals surface area contributed by atoms with Crippen LogP contribution in [0.15, 0.2) is 36.7 Å². The monoisotopic (exact) mass is 466 g/mol. The highest BCUT2D eigenvalue weighted by atomic mass is 32.2. The number of hydrogen-bond acceptors (Lipinski definition) is 9. The van der Waals surface area contributed by atoms with E-state index in [9.17, 15) is 4.55 Å². The van der Waals surface area contributed by atoms with Crippen molar-refractivity contribution in [1.82, 2.24) is 25.3 Å². The van der Waals surface area contributed by atoms with Crippen molar-refractivity contribution >= 4 is 39.8 Å². The fourth-order valence-corrected chi connectivity index (χ4v) is 5.32. The molecule has 9 nitrogen and oxygen atoms in total. The van der Waals surface area contributed by atoms with Gasteiger partial charge in [0, 0.05) is 32.7 Å². The van der Waals surface area contributed by atoms with Gasteiger partial charge in [0.2, 0.25) is 5.95 Å². The van der Waals surface area contributed by atoms with E-state index in [1.54, 1.807) is 6.33 Å². The summed E-state index contributed by atoms with van der Waals surface area (Å²) >= 11 is -0.753. The minimum Gasteiger partial charge on any atom is -0.616 e. The van der Waals surface area contributed by atoms with Gasteiger partial charge in [-0.05, 0) is 18.4 Å². The molecule has 2 saturated heterocycles. The Kier molecular flexibility index (Phi) is 7.03. The average molecular weight is 467 g/mol. The summed E-state index contributed by atoms with van der Waals surface area (Å²) < 4.78 is 11.9. The molecule has 4 heterocycles. The number of piperazine rings is 1. The van der Waals surface area contributed by atoms with Crippen LogP contribution in [0.1, 0.15) is 12.0 Å². The first-order chi connectivity index (χ1) is 16.3. The number of nitrogens with zero attached hydrogens (tertiary/aromatic N) is 6. The molecule has 0 spiro atoms. The number of anilines is 3. The van der Waals surface area contributed by atoms with Crippen LogP contribution < -0.4 is 20.4 Å². The van der Waals surface area contributed by atoms with Crippen LogP contribution in [0.4, 0.5) is 17.6 Å². The fraction of sp³-hybridized carbons (Fsp3) is 0.478. The van der Waals surface area contributed by atoms with E-state index in [4.69, 9.17) is 9.97 Å². The molecular formula is C23H30N8OS. The highest BCUT2D eigenvalue weighted by Gasteiger charge is 2.26. The summed E-state index contributed by atoms with van der Waals surface area (Å²) in [4.78, 5) is 23.4. The SMILES string of the molecule is [O-][S+]1CCN(c2nc(N3CCNCC3)nc3c(NCCCc4ccccc4)ncnc23)CC1. The van der Waals surface area contributed by atoms with Crippen molar-refractivity contribution in [2.45, 2.75) is 12.8 Å². The van der Waals surface area contributed by atoms with Gasteiger partial charge >= 0.3 is 0 Å². The van der Waals surface area contributed by atoms with Crippen LogP contribution in [0.2, 0.25) is 0 Å². The molecule has 0 amide bonds. The van der Waals surface area contributed by atoms with Crippen molar-refractivity contribution in [1.29, 1.82) is 0 Å². The highest BCUT2D eigenvalue weighted by Crippen LogP contribution is 2.29. The highest BCUT2D eigenvalue weighted by molar-refractivity contribution is 7.91. The smallest absolute Gasteiger partial charge is 0.228 e. The maximum absolute atomic E-state index is 11.9. The summed E-state index contributed by atoms with van der Waals surface area (Å²) in [5, 5.41) is 6.87. The van der Waals surface area contributed by atoms with Crippen molar-refractivity contribution in [2.24, 2.45) is 0 Å². The van der Waals surface area contributed by atoms with Gasteiger partial charge in [-0.25, -0.2) is 15.0 Å². The third-order valence-electron chi connectivity index (χ3n) is 6.11. The van der Waals surface area contributed by atoms with Crippen LogP contribution in [-0.4, -0.2) is 81.8 Å². The molecule has 0 atom stereocenters. The number of benzene rings is 1. The minimum absolute atomic E-state index is 0.657. The number of hydrogen-bond donors (Lipinski definition) is 2. The van der Waals surface area contributed by atoms with Crippen molar-refractivity contribution < 1.29 is 4.55 Å². The first-order valence-electron chi connectivity index (χ1n) is 11.6. The molecule has 2 aliphatic heterocycles. The molecule has 2 fully saturated rings. The molecular weight excluding hydrogens is 436 g/mol. The lowest BCUT2D eigenvalue weighted by Gasteiger charge is -2.32. The molecule has 2 N–H and O–H groups in total. The molecule has 174 valence electrons. The second-order valence-corrected chi connectivity index (χ2v) is 10.1. The largest absolute Gasteiger partial charge is 0.616 e. The average Bonchev–Trinajstić information content (AvgIpc) is 2.88. The molecule has 2 aromatic heterocycles. The Morgan fingerprint density at radius 1 is 0.939 bits per heavy atom. The number of rotatable bonds is 7. The van der Waals surface area contributed by atoms with Crippen LogP contribution in [0.5, 0.6) is 0 Å². The van der Waals surface area contributed by atoms with E-state index < -0.39 is 11.2 Å². The summed E-state index contributed by atoms with van der Waals surface area (Å²) in [6, 6.07) is 10.5. The normalized spacial score (nSPS) is 17.5. The zero-order valence-electron chi connectivity index (χ0n) is 18.7. The van der Waals surface area contributed by atoms with Crippen LogP contribution in [0.3, 0.4) is 0 Å². The zero-order chi connectivity index (χ0) is 22.5. The van der Waals surface area contributed by atoms with Crippen LogP contribution in [0, 0.1) is 0 Å². The molecule has 10 heteroatoms. The summed E-state index contributed by atoms with van der Waals surface area (Å²) in [6.07, 6.45) is 3.59. The molecule has 0 unspecified atom stereocenters. The van der Waals surface area contributed by atoms with Gasteiger partial charge < -0.3 is 25.0 Å². The molecule has 0 bridgehead atoms. The van der Waals surface area contributed by atoms with E-state index in [-0.39, 0.29) is 0 Å². The third-order valence-corrected chi connectivity index (χ3v) is 7.38. The van der Waals surface area contributed by atoms with E-state index in [2.05, 4.69) is 54.7 Å². The number of nitrogens with one attached hydrogen (secondary N) is 2. The maximum atomic E-state index is 11.9. The molecule has 0 aliphatic carbocycles. The lowest BCUT2D eigenvalue weighted by Crippen LogP contribution is -2.45. The first-order valence-corrected chi connectivity index (χ1v) is 13.1. The standard InChI is InChI=1S/C23H30N8OS/c32-33-15-13-30(14-16-33)22-20-19(28-23(29-22)31-11-9-24-10-12-31)21(27-17-26-20)25-8-4-7-18-5-2-1-3-6-18/h1-3,5-6,17,24H,4,7-16H2,(H,25,26,27). The van der Waals surface area contributed by atoms with Gasteiger partial charge in [0.25, 0.3) is 0 Å². The summed E-state index contributed by atoms with van der Waals surface area (Å²) in [6.45, 7) is 5.77. The van der Waals surface area contributed by atoms with Gasteiger partial charge in [-0.15, -0.1) is 0 Å². The van der Waals surface area contributed by atoms with E-state index in [1.807, 2.05) is 6.07 Å². The molecule has 2 aliphatic rings. The Balaban J connectivity index is 1.42. The van der Waals surface area contributed by atoms with E-state index >= 15 is 0 Å². The van der Waals surface area contributed by atoms with Gasteiger partial charge in [-0.3, -0.25) is 0 Å². The quantitative estimate of drug-likeness (QED) is 0.395. The Morgan fingerprint density at radius 3 is 2.52 bits per heavy atom. The Bertz CT molecular complexity index is 1060. The van der Waals surface area contributed by atoms with Gasteiger partial charge in [-0.1, -0.05) is 41.5 Å². The van der Waals surface area contributed by atoms with Crippen LogP contribution in [-0.2, 0) is 17.6 Å². The molecule has 0 radical (unpaired) electrons. The Hall–Kier alpha value is -2.69. The zero-order valence-corrected chi connectivity index (χ0v) is 19.6. The molecule has 33 heavy (non-hydrogen) atoms. The van der Waals surface area contributed by atoms with Crippen LogP contribution in [0.25, 0.3) is 11.0 Å². The Morgan fingerprint density at radius 2 is 1.73 bits per heavy atom. The van der Waals surface area contributed by atoms with Crippen molar-refractivity contribution in [3.8, 4) is 0 Å². The predicted octanol–water partition coefficient (Wildman–Crippen LogP) is 1.44. The molecule has 0 saturated carbocycles. The van der Waals surface area contributed by atoms with Gasteiger partial charge in [0.15, 0.2) is 11.6 Å². The molecule has 1 aromatic carbocycles. The number of aromatic nitrogens is 4. The minimum atomic E-state index is -0.753. The van der Waals surface area contributed by atoms with Crippen molar-refractivity contribution in [2.75, 3.05) is 72.4 Å². The van der Waals surface area contributed by atoms with Gasteiger partial charge in [0.05, 0.1) is 13.1 Å². The molecule has 3 aromatic rings. The first kappa shape index (κ1) is 22.1. The van der Waals surface area contributed by atoms with Crippen molar-refractivity contribution in [3.63, 3.8) is 0 Å². The fourth-order valence-electron chi connectivity index (χ4n) is 4.27. The maximum Gasteiger partial charge on any atom is 0.228 e. The summed E-state index contributed by atoms with van der Waals surface area (Å²) in [5.74, 6) is 3.59. The number of aryl methyl sites for hydroxylation is 1. The second kappa shape index (κ2) is 10.5. The lowest BCUT2D eigenvalue weighted by molar-refractivity contribution is 0.578. The predicted molar refractivity (Wildman–Crippen MR) is 134 cm³/mol. The Labute approximate surface area is 197 Å². The van der Waals surface area contributed by atoms with Crippen LogP contribution >= 0.6 is 0 Å². The van der Waals surface area contributed by atoms with Gasteiger partial charge in [0.1, 0.15) is 28.9 Å². The van der Waals surface area contributed by atoms with E-state index in [0.717, 1.165) is 68.2 Å². The van der Waals surface area contributed by atoms with E-state index in [1.165, 1.54) is 5.56 Å². The third kappa shape index (κ3) is 5.29. The summed E-state index contributed by atoms with van der Waals surface area (Å²) in [5.41, 5.74) is 2.84. The second-order valence-electron chi connectivity index (χ2n) is 8.35. The van der Waals surface area contributed by atoms with Gasteiger partial charge in [-0.2, -0.15) is 4.98 Å². The number of fused-ring (bicyclic) bond motifs is 1. The topological polar surface area (TPSA) is 105 Å². The van der Waals surface area contributed by atoms with Crippen molar-refractivity contribution in [3.05, 3.63) is 42.2 Å².